The summed E-state index contributed by atoms with van der Waals surface area (Å²) in [4.78, 5) is 4.21. The summed E-state index contributed by atoms with van der Waals surface area (Å²) in [5.41, 5.74) is 14.7. The average molecular weight is 365 g/mol. The number of aromatic nitrogens is 1. The summed E-state index contributed by atoms with van der Waals surface area (Å²) in [5, 5.41) is 19.8. The molecule has 7 heteroatoms. The van der Waals surface area contributed by atoms with Crippen LogP contribution < -0.4 is 16.2 Å². The van der Waals surface area contributed by atoms with Crippen molar-refractivity contribution in [1.82, 2.24) is 4.98 Å². The SMILES string of the molecule is N#Cc1c(N)nc2c(c1N)C(c1ccc(Cl)cc1)c1ccc(O)cc1O2. The molecule has 2 heterocycles. The van der Waals surface area contributed by atoms with Crippen LogP contribution in [0.15, 0.2) is 42.5 Å². The van der Waals surface area contributed by atoms with E-state index in [2.05, 4.69) is 4.98 Å². The van der Waals surface area contributed by atoms with E-state index >= 15 is 0 Å². The predicted octanol–water partition coefficient (Wildman–Crippen LogP) is 3.76. The van der Waals surface area contributed by atoms with Crippen molar-refractivity contribution in [3.05, 3.63) is 69.7 Å². The van der Waals surface area contributed by atoms with E-state index in [1.807, 2.05) is 18.2 Å². The Morgan fingerprint density at radius 3 is 2.58 bits per heavy atom. The zero-order valence-corrected chi connectivity index (χ0v) is 14.2. The van der Waals surface area contributed by atoms with Crippen molar-refractivity contribution in [3.63, 3.8) is 0 Å². The van der Waals surface area contributed by atoms with Gasteiger partial charge >= 0.3 is 0 Å². The number of pyridine rings is 1. The molecule has 0 aliphatic carbocycles. The number of phenols is 1. The summed E-state index contributed by atoms with van der Waals surface area (Å²) in [7, 11) is 0. The summed E-state index contributed by atoms with van der Waals surface area (Å²) in [6.45, 7) is 0. The van der Waals surface area contributed by atoms with Crippen LogP contribution >= 0.6 is 11.6 Å². The Morgan fingerprint density at radius 2 is 1.88 bits per heavy atom. The van der Waals surface area contributed by atoms with Crippen molar-refractivity contribution < 1.29 is 9.84 Å². The van der Waals surface area contributed by atoms with Gasteiger partial charge in [0.1, 0.15) is 28.9 Å². The molecule has 0 radical (unpaired) electrons. The summed E-state index contributed by atoms with van der Waals surface area (Å²) in [6.07, 6.45) is 0. The van der Waals surface area contributed by atoms with Crippen molar-refractivity contribution in [3.8, 4) is 23.4 Å². The number of fused-ring (bicyclic) bond motifs is 2. The van der Waals surface area contributed by atoms with Gasteiger partial charge in [-0.05, 0) is 23.8 Å². The van der Waals surface area contributed by atoms with Crippen LogP contribution in [-0.2, 0) is 0 Å². The third-order valence-electron chi connectivity index (χ3n) is 4.39. The molecule has 0 bridgehead atoms. The van der Waals surface area contributed by atoms with Gasteiger partial charge in [0.25, 0.3) is 0 Å². The summed E-state index contributed by atoms with van der Waals surface area (Å²) >= 11 is 6.02. The zero-order valence-electron chi connectivity index (χ0n) is 13.4. The van der Waals surface area contributed by atoms with Crippen molar-refractivity contribution in [1.29, 1.82) is 5.26 Å². The third kappa shape index (κ3) is 2.38. The van der Waals surface area contributed by atoms with Crippen LogP contribution in [0.5, 0.6) is 17.4 Å². The molecule has 1 aromatic heterocycles. The minimum absolute atomic E-state index is 0.00205. The van der Waals surface area contributed by atoms with E-state index in [0.29, 0.717) is 16.3 Å². The fourth-order valence-electron chi connectivity index (χ4n) is 3.20. The smallest absolute Gasteiger partial charge is 0.227 e. The molecule has 26 heavy (non-hydrogen) atoms. The fraction of sp³-hybridized carbons (Fsp3) is 0.0526. The number of benzene rings is 2. The van der Waals surface area contributed by atoms with Gasteiger partial charge in [-0.25, -0.2) is 0 Å². The maximum Gasteiger partial charge on any atom is 0.227 e. The number of ether oxygens (including phenoxy) is 1. The number of rotatable bonds is 1. The van der Waals surface area contributed by atoms with Crippen LogP contribution in [0.2, 0.25) is 5.02 Å². The summed E-state index contributed by atoms with van der Waals surface area (Å²) in [6, 6.07) is 14.1. The highest BCUT2D eigenvalue weighted by atomic mass is 35.5. The molecule has 2 aromatic carbocycles. The van der Waals surface area contributed by atoms with E-state index < -0.39 is 0 Å². The van der Waals surface area contributed by atoms with Crippen LogP contribution in [0.1, 0.15) is 28.2 Å². The quantitative estimate of drug-likeness (QED) is 0.473. The Hall–Kier alpha value is -3.43. The minimum Gasteiger partial charge on any atom is -0.508 e. The number of nitrogens with zero attached hydrogens (tertiary/aromatic N) is 2. The van der Waals surface area contributed by atoms with Crippen LogP contribution in [0.4, 0.5) is 11.5 Å². The first kappa shape index (κ1) is 16.1. The number of anilines is 2. The topological polar surface area (TPSA) is 118 Å². The molecule has 5 N–H and O–H groups in total. The monoisotopic (exact) mass is 364 g/mol. The molecule has 1 atom stereocenters. The van der Waals surface area contributed by atoms with Crippen molar-refractivity contribution in [2.45, 2.75) is 5.92 Å². The largest absolute Gasteiger partial charge is 0.508 e. The molecule has 0 fully saturated rings. The highest BCUT2D eigenvalue weighted by molar-refractivity contribution is 6.30. The van der Waals surface area contributed by atoms with Crippen LogP contribution in [0.25, 0.3) is 0 Å². The average Bonchev–Trinajstić information content (AvgIpc) is 2.61. The zero-order chi connectivity index (χ0) is 18.4. The Kier molecular flexibility index (Phi) is 3.60. The molecule has 1 aliphatic rings. The Bertz CT molecular complexity index is 1070. The van der Waals surface area contributed by atoms with Gasteiger partial charge in [0.05, 0.1) is 11.3 Å². The van der Waals surface area contributed by atoms with Gasteiger partial charge in [-0.15, -0.1) is 0 Å². The van der Waals surface area contributed by atoms with E-state index in [0.717, 1.165) is 11.1 Å². The molecule has 0 saturated carbocycles. The first-order chi connectivity index (χ1) is 12.5. The second-order valence-corrected chi connectivity index (χ2v) is 6.36. The van der Waals surface area contributed by atoms with Crippen LogP contribution in [0.3, 0.4) is 0 Å². The molecule has 1 aliphatic heterocycles. The molecule has 128 valence electrons. The Balaban J connectivity index is 2.04. The van der Waals surface area contributed by atoms with Crippen molar-refractivity contribution in [2.24, 2.45) is 0 Å². The lowest BCUT2D eigenvalue weighted by Gasteiger charge is -2.29. The van der Waals surface area contributed by atoms with E-state index in [1.54, 1.807) is 24.3 Å². The van der Waals surface area contributed by atoms with Crippen molar-refractivity contribution >= 4 is 23.1 Å². The lowest BCUT2D eigenvalue weighted by Crippen LogP contribution is -2.17. The first-order valence-electron chi connectivity index (χ1n) is 7.74. The summed E-state index contributed by atoms with van der Waals surface area (Å²) < 4.78 is 5.83. The normalized spacial score (nSPS) is 14.7. The van der Waals surface area contributed by atoms with Gasteiger partial charge in [0.15, 0.2) is 0 Å². The highest BCUT2D eigenvalue weighted by Crippen LogP contribution is 2.50. The van der Waals surface area contributed by atoms with Crippen LogP contribution in [-0.4, -0.2) is 10.1 Å². The second kappa shape index (κ2) is 5.83. The van der Waals surface area contributed by atoms with E-state index in [-0.39, 0.29) is 34.6 Å². The van der Waals surface area contributed by atoms with Crippen molar-refractivity contribution in [2.75, 3.05) is 11.5 Å². The maximum absolute atomic E-state index is 9.81. The number of halogens is 1. The Labute approximate surface area is 154 Å². The highest BCUT2D eigenvalue weighted by Gasteiger charge is 2.34. The molecule has 0 saturated heterocycles. The lowest BCUT2D eigenvalue weighted by molar-refractivity contribution is 0.424. The molecule has 1 unspecified atom stereocenters. The number of hydrogen-bond donors (Lipinski definition) is 3. The molecule has 3 aromatic rings. The number of phenolic OH excluding ortho intramolecular Hbond substituents is 1. The molecule has 0 spiro atoms. The van der Waals surface area contributed by atoms with Gasteiger partial charge < -0.3 is 21.3 Å². The molecule has 0 amide bonds. The first-order valence-corrected chi connectivity index (χ1v) is 8.12. The maximum atomic E-state index is 9.81. The number of hydrogen-bond acceptors (Lipinski definition) is 6. The number of aromatic hydroxyl groups is 1. The minimum atomic E-state index is -0.341. The third-order valence-corrected chi connectivity index (χ3v) is 4.64. The Morgan fingerprint density at radius 1 is 1.15 bits per heavy atom. The molecule has 4 rings (SSSR count). The number of nitrogen functional groups attached to an aromatic ring is 2. The van der Waals surface area contributed by atoms with Gasteiger partial charge in [-0.1, -0.05) is 29.8 Å². The van der Waals surface area contributed by atoms with Gasteiger partial charge in [0.2, 0.25) is 5.88 Å². The second-order valence-electron chi connectivity index (χ2n) is 5.93. The van der Waals surface area contributed by atoms with Gasteiger partial charge in [0, 0.05) is 22.6 Å². The van der Waals surface area contributed by atoms with E-state index in [1.165, 1.54) is 6.07 Å². The fourth-order valence-corrected chi connectivity index (χ4v) is 3.32. The predicted molar refractivity (Wildman–Crippen MR) is 98.4 cm³/mol. The van der Waals surface area contributed by atoms with Gasteiger partial charge in [-0.3, -0.25) is 0 Å². The van der Waals surface area contributed by atoms with E-state index in [9.17, 15) is 10.4 Å². The lowest BCUT2D eigenvalue weighted by atomic mass is 9.82. The van der Waals surface area contributed by atoms with Gasteiger partial charge in [-0.2, -0.15) is 10.2 Å². The standard InChI is InChI=1S/C19H13ClN4O2/c20-10-3-1-9(2-4-10)15-12-6-5-11(25)7-14(12)26-19-16(15)17(22)13(8-21)18(23)24-19/h1-7,15,25H,(H4,22,23,24). The molecular weight excluding hydrogens is 352 g/mol. The van der Waals surface area contributed by atoms with Crippen LogP contribution in [0, 0.1) is 11.3 Å². The van der Waals surface area contributed by atoms with E-state index in [4.69, 9.17) is 27.8 Å². The number of nitriles is 1. The number of nitrogens with two attached hydrogens (primary N) is 2. The molecular formula is C19H13ClN4O2. The summed E-state index contributed by atoms with van der Waals surface area (Å²) in [5.74, 6) is 0.399. The molecule has 6 nitrogen and oxygen atoms in total.